The first kappa shape index (κ1) is 27.9. The number of ketones is 1. The number of carbonyl (C=O) groups is 2. The fourth-order valence-corrected chi connectivity index (χ4v) is 11.6. The SMILES string of the molecule is COC[C@]12CN(C)C3C4C(OC)[C@H]1C3(C(OC)C[C@H]2O)[C@H]1C[C@]2(O)[C@H](OC(=O)c3ccccc3)[C@@H]1[C@@H]4C(=O)[C@@H]2OC. The highest BCUT2D eigenvalue weighted by Crippen LogP contribution is 2.78. The predicted molar refractivity (Wildman–Crippen MR) is 144 cm³/mol. The van der Waals surface area contributed by atoms with Gasteiger partial charge in [0, 0.05) is 81.9 Å². The van der Waals surface area contributed by atoms with Crippen molar-refractivity contribution in [3.8, 4) is 0 Å². The van der Waals surface area contributed by atoms with E-state index < -0.39 is 52.5 Å². The van der Waals surface area contributed by atoms with Crippen LogP contribution in [0, 0.1) is 40.4 Å². The summed E-state index contributed by atoms with van der Waals surface area (Å²) in [6.45, 7) is 0.919. The third kappa shape index (κ3) is 3.12. The molecule has 224 valence electrons. The van der Waals surface area contributed by atoms with Crippen LogP contribution in [0.1, 0.15) is 23.2 Å². The van der Waals surface area contributed by atoms with Gasteiger partial charge in [-0.1, -0.05) is 18.2 Å². The van der Waals surface area contributed by atoms with E-state index in [1.807, 2.05) is 6.07 Å². The number of Topliss-reactive ketones (excluding diaryl/α,β-unsaturated/α-hetero) is 1. The second kappa shape index (κ2) is 9.29. The Morgan fingerprint density at radius 3 is 2.44 bits per heavy atom. The molecule has 6 aliphatic rings. The number of nitrogens with zero attached hydrogens (tertiary/aromatic N) is 1. The number of rotatable bonds is 7. The monoisotopic (exact) mass is 571 g/mol. The van der Waals surface area contributed by atoms with Crippen molar-refractivity contribution in [3.63, 3.8) is 0 Å². The molecule has 0 aromatic heterocycles. The van der Waals surface area contributed by atoms with Crippen molar-refractivity contribution in [1.82, 2.24) is 4.90 Å². The van der Waals surface area contributed by atoms with Gasteiger partial charge in [0.25, 0.3) is 0 Å². The van der Waals surface area contributed by atoms with Gasteiger partial charge in [-0.15, -0.1) is 0 Å². The lowest BCUT2D eigenvalue weighted by Crippen LogP contribution is -2.76. The van der Waals surface area contributed by atoms with E-state index in [2.05, 4.69) is 11.9 Å². The molecule has 7 rings (SSSR count). The lowest BCUT2D eigenvalue weighted by Gasteiger charge is -2.68. The number of hydrogen-bond donors (Lipinski definition) is 2. The van der Waals surface area contributed by atoms with Crippen molar-refractivity contribution in [2.75, 3.05) is 48.6 Å². The van der Waals surface area contributed by atoms with Crippen LogP contribution in [-0.2, 0) is 28.5 Å². The number of aliphatic hydroxyl groups is 2. The topological polar surface area (TPSA) is 124 Å². The molecule has 1 aliphatic heterocycles. The average molecular weight is 572 g/mol. The Bertz CT molecular complexity index is 1230. The first-order chi connectivity index (χ1) is 19.7. The van der Waals surface area contributed by atoms with Crippen molar-refractivity contribution in [2.24, 2.45) is 40.4 Å². The number of benzene rings is 1. The lowest BCUT2D eigenvalue weighted by molar-refractivity contribution is -0.277. The van der Waals surface area contributed by atoms with Crippen LogP contribution in [0.25, 0.3) is 0 Å². The molecule has 1 spiro atoms. The maximum Gasteiger partial charge on any atom is 0.338 e. The number of fused-ring (bicyclic) bond motifs is 2. The van der Waals surface area contributed by atoms with Crippen LogP contribution in [0.5, 0.6) is 0 Å². The quantitative estimate of drug-likeness (QED) is 0.454. The standard InChI is InChI=1S/C31H41NO9/c1-32-13-29(14-37-2)17(33)11-18(38-3)31-16-12-30(36)26(41-28(35)15-9-7-6-8-10-15)19(16)20(22(34)27(30)40-5)21(25(31)32)23(39-4)24(29)31/h6-10,16-21,23-27,33,36H,11-14H2,1-5H3/t16-,17+,18?,19-,20-,21?,23?,24+,25?,26+,27-,29-,30-,31?/m0/s1. The van der Waals surface area contributed by atoms with Crippen LogP contribution in [0.4, 0.5) is 0 Å². The van der Waals surface area contributed by atoms with Crippen LogP contribution in [0.15, 0.2) is 30.3 Å². The fourth-order valence-electron chi connectivity index (χ4n) is 11.6. The van der Waals surface area contributed by atoms with Crippen LogP contribution in [0.2, 0.25) is 0 Å². The van der Waals surface area contributed by atoms with E-state index >= 15 is 0 Å². The van der Waals surface area contributed by atoms with Gasteiger partial charge in [0.2, 0.25) is 0 Å². The van der Waals surface area contributed by atoms with E-state index in [0.29, 0.717) is 25.1 Å². The minimum atomic E-state index is -1.70. The van der Waals surface area contributed by atoms with Gasteiger partial charge < -0.3 is 38.8 Å². The Morgan fingerprint density at radius 2 is 1.80 bits per heavy atom. The molecule has 1 heterocycles. The number of esters is 1. The van der Waals surface area contributed by atoms with Gasteiger partial charge in [0.15, 0.2) is 5.78 Å². The zero-order valence-corrected chi connectivity index (χ0v) is 24.3. The molecule has 5 unspecified atom stereocenters. The van der Waals surface area contributed by atoms with E-state index in [1.165, 1.54) is 7.11 Å². The Labute approximate surface area is 240 Å². The Balaban J connectivity index is 1.44. The molecule has 5 aliphatic carbocycles. The van der Waals surface area contributed by atoms with Crippen molar-refractivity contribution in [1.29, 1.82) is 0 Å². The number of methoxy groups -OCH3 is 4. The van der Waals surface area contributed by atoms with E-state index in [9.17, 15) is 19.8 Å². The number of carbonyl (C=O) groups excluding carboxylic acids is 2. The molecule has 10 heteroatoms. The zero-order valence-electron chi connectivity index (χ0n) is 24.3. The van der Waals surface area contributed by atoms with Crippen molar-refractivity contribution >= 4 is 11.8 Å². The highest BCUT2D eigenvalue weighted by atomic mass is 16.6. The minimum absolute atomic E-state index is 0.0986. The van der Waals surface area contributed by atoms with Gasteiger partial charge in [-0.25, -0.2) is 4.79 Å². The van der Waals surface area contributed by atoms with E-state index in [1.54, 1.807) is 45.6 Å². The minimum Gasteiger partial charge on any atom is -0.455 e. The molecular formula is C31H41NO9. The summed E-state index contributed by atoms with van der Waals surface area (Å²) in [5, 5.41) is 24.2. The number of ether oxygens (including phenoxy) is 5. The molecule has 1 saturated heterocycles. The summed E-state index contributed by atoms with van der Waals surface area (Å²) >= 11 is 0. The van der Waals surface area contributed by atoms with Crippen LogP contribution in [0.3, 0.4) is 0 Å². The van der Waals surface area contributed by atoms with Crippen molar-refractivity contribution < 1.29 is 43.5 Å². The second-order valence-electron chi connectivity index (χ2n) is 13.4. The molecule has 41 heavy (non-hydrogen) atoms. The maximum atomic E-state index is 14.4. The molecule has 10 nitrogen and oxygen atoms in total. The van der Waals surface area contributed by atoms with Crippen LogP contribution >= 0.6 is 0 Å². The molecular weight excluding hydrogens is 530 g/mol. The Hall–Kier alpha value is -1.92. The van der Waals surface area contributed by atoms with Crippen molar-refractivity contribution in [3.05, 3.63) is 35.9 Å². The van der Waals surface area contributed by atoms with E-state index in [4.69, 9.17) is 23.7 Å². The molecule has 0 amide bonds. The fraction of sp³-hybridized carbons (Fsp3) is 0.742. The van der Waals surface area contributed by atoms with Gasteiger partial charge in [0.1, 0.15) is 17.8 Å². The summed E-state index contributed by atoms with van der Waals surface area (Å²) in [7, 11) is 8.50. The first-order valence-electron chi connectivity index (χ1n) is 14.6. The highest BCUT2D eigenvalue weighted by molar-refractivity contribution is 5.92. The summed E-state index contributed by atoms with van der Waals surface area (Å²) in [6, 6.07) is 8.62. The number of hydrogen-bond acceptors (Lipinski definition) is 10. The highest BCUT2D eigenvalue weighted by Gasteiger charge is 2.87. The molecule has 2 N–H and O–H groups in total. The molecule has 7 bridgehead atoms. The summed E-state index contributed by atoms with van der Waals surface area (Å²) < 4.78 is 30.5. The van der Waals surface area contributed by atoms with Gasteiger partial charge >= 0.3 is 5.97 Å². The van der Waals surface area contributed by atoms with Crippen LogP contribution in [-0.4, -0.2) is 118 Å². The average Bonchev–Trinajstić information content (AvgIpc) is 3.32. The molecule has 1 aromatic carbocycles. The maximum absolute atomic E-state index is 14.4. The van der Waals surface area contributed by atoms with Gasteiger partial charge in [-0.3, -0.25) is 4.79 Å². The molecule has 5 saturated carbocycles. The molecule has 0 radical (unpaired) electrons. The van der Waals surface area contributed by atoms with E-state index in [0.717, 1.165) is 0 Å². The smallest absolute Gasteiger partial charge is 0.338 e. The summed E-state index contributed by atoms with van der Waals surface area (Å²) in [5.74, 6) is -2.44. The number of likely N-dealkylation sites (tertiary alicyclic amines) is 1. The van der Waals surface area contributed by atoms with E-state index in [-0.39, 0.29) is 48.2 Å². The van der Waals surface area contributed by atoms with Crippen molar-refractivity contribution in [2.45, 2.75) is 55.0 Å². The van der Waals surface area contributed by atoms with Gasteiger partial charge in [-0.2, -0.15) is 0 Å². The summed E-state index contributed by atoms with van der Waals surface area (Å²) in [5.41, 5.74) is -2.57. The summed E-state index contributed by atoms with van der Waals surface area (Å²) in [6.07, 6.45) is -2.91. The Morgan fingerprint density at radius 1 is 1.07 bits per heavy atom. The lowest BCUT2D eigenvalue weighted by atomic mass is 9.43. The first-order valence-corrected chi connectivity index (χ1v) is 14.6. The largest absolute Gasteiger partial charge is 0.455 e. The normalized spacial score (nSPS) is 51.1. The van der Waals surface area contributed by atoms with Crippen LogP contribution < -0.4 is 0 Å². The Kier molecular flexibility index (Phi) is 6.32. The van der Waals surface area contributed by atoms with Gasteiger partial charge in [0.05, 0.1) is 30.5 Å². The second-order valence-corrected chi connectivity index (χ2v) is 13.4. The zero-order chi connectivity index (χ0) is 29.1. The third-order valence-corrected chi connectivity index (χ3v) is 12.2. The summed E-state index contributed by atoms with van der Waals surface area (Å²) in [4.78, 5) is 30.1. The number of piperidine rings is 1. The number of aliphatic hydroxyl groups excluding tert-OH is 1. The molecule has 1 aromatic rings. The molecule has 14 atom stereocenters. The predicted octanol–water partition coefficient (Wildman–Crippen LogP) is 0.781. The molecule has 6 fully saturated rings. The third-order valence-electron chi connectivity index (χ3n) is 12.2. The van der Waals surface area contributed by atoms with Gasteiger partial charge in [-0.05, 0) is 31.5 Å².